The molecular formula is C27H54. The van der Waals surface area contributed by atoms with Crippen molar-refractivity contribution in [3.05, 3.63) is 0 Å². The van der Waals surface area contributed by atoms with E-state index >= 15 is 0 Å². The highest BCUT2D eigenvalue weighted by molar-refractivity contribution is 4.87. The molecule has 0 nitrogen and oxygen atoms in total. The zero-order valence-corrected chi connectivity index (χ0v) is 19.8. The monoisotopic (exact) mass is 378 g/mol. The molecule has 0 aromatic rings. The van der Waals surface area contributed by atoms with Crippen molar-refractivity contribution in [2.75, 3.05) is 0 Å². The lowest BCUT2D eigenvalue weighted by atomic mass is 9.62. The van der Waals surface area contributed by atoms with Crippen molar-refractivity contribution in [1.82, 2.24) is 0 Å². The largest absolute Gasteiger partial charge is 0.0654 e. The van der Waals surface area contributed by atoms with Gasteiger partial charge in [-0.3, -0.25) is 0 Å². The van der Waals surface area contributed by atoms with Gasteiger partial charge in [0.05, 0.1) is 0 Å². The van der Waals surface area contributed by atoms with E-state index in [1.807, 2.05) is 0 Å². The van der Waals surface area contributed by atoms with Crippen LogP contribution in [0.25, 0.3) is 0 Å². The highest BCUT2D eigenvalue weighted by Gasteiger charge is 2.36. The van der Waals surface area contributed by atoms with Crippen molar-refractivity contribution < 1.29 is 0 Å². The van der Waals surface area contributed by atoms with Crippen molar-refractivity contribution in [3.63, 3.8) is 0 Å². The molecule has 162 valence electrons. The summed E-state index contributed by atoms with van der Waals surface area (Å²) in [6.45, 7) is 9.64. The van der Waals surface area contributed by atoms with Crippen LogP contribution in [0, 0.1) is 17.3 Å². The number of hydrogen-bond donors (Lipinski definition) is 0. The molecule has 0 aromatic carbocycles. The lowest BCUT2D eigenvalue weighted by molar-refractivity contribution is 0.0779. The Bertz CT molecular complexity index is 320. The van der Waals surface area contributed by atoms with Gasteiger partial charge in [-0.2, -0.15) is 0 Å². The Hall–Kier alpha value is 0. The molecule has 0 radical (unpaired) electrons. The maximum Gasteiger partial charge on any atom is -0.0323 e. The molecule has 0 N–H and O–H groups in total. The summed E-state index contributed by atoms with van der Waals surface area (Å²) in [6.07, 6.45) is 29.5. The summed E-state index contributed by atoms with van der Waals surface area (Å²) in [4.78, 5) is 0. The quantitative estimate of drug-likeness (QED) is 0.221. The van der Waals surface area contributed by atoms with E-state index in [1.54, 1.807) is 6.42 Å². The average molecular weight is 379 g/mol. The maximum absolute atomic E-state index is 2.64. The molecular weight excluding hydrogens is 324 g/mol. The fourth-order valence-electron chi connectivity index (χ4n) is 5.61. The zero-order chi connectivity index (χ0) is 19.8. The van der Waals surface area contributed by atoms with E-state index in [9.17, 15) is 0 Å². The van der Waals surface area contributed by atoms with Gasteiger partial charge >= 0.3 is 0 Å². The van der Waals surface area contributed by atoms with Gasteiger partial charge in [-0.25, -0.2) is 0 Å². The zero-order valence-electron chi connectivity index (χ0n) is 19.8. The van der Waals surface area contributed by atoms with Gasteiger partial charge in [-0.1, -0.05) is 130 Å². The first-order valence-electron chi connectivity index (χ1n) is 13.1. The van der Waals surface area contributed by atoms with Gasteiger partial charge < -0.3 is 0 Å². The van der Waals surface area contributed by atoms with E-state index in [2.05, 4.69) is 27.7 Å². The summed E-state index contributed by atoms with van der Waals surface area (Å²) in [5.41, 5.74) is 0.667. The summed E-state index contributed by atoms with van der Waals surface area (Å²) >= 11 is 0. The highest BCUT2D eigenvalue weighted by Crippen LogP contribution is 2.48. The first-order valence-corrected chi connectivity index (χ1v) is 13.1. The molecule has 3 atom stereocenters. The van der Waals surface area contributed by atoms with Crippen LogP contribution in [0.15, 0.2) is 0 Å². The van der Waals surface area contributed by atoms with E-state index in [0.29, 0.717) is 5.41 Å². The summed E-state index contributed by atoms with van der Waals surface area (Å²) in [7, 11) is 0. The normalized spacial score (nSPS) is 25.8. The van der Waals surface area contributed by atoms with Gasteiger partial charge in [0.1, 0.15) is 0 Å². The van der Waals surface area contributed by atoms with Crippen molar-refractivity contribution >= 4 is 0 Å². The van der Waals surface area contributed by atoms with Crippen LogP contribution in [0.3, 0.4) is 0 Å². The molecule has 27 heavy (non-hydrogen) atoms. The van der Waals surface area contributed by atoms with Gasteiger partial charge in [0.15, 0.2) is 0 Å². The van der Waals surface area contributed by atoms with Crippen molar-refractivity contribution in [2.24, 2.45) is 17.3 Å². The Balaban J connectivity index is 2.43. The van der Waals surface area contributed by atoms with Gasteiger partial charge in [0.25, 0.3) is 0 Å². The third-order valence-corrected chi connectivity index (χ3v) is 7.53. The number of unbranched alkanes of at least 4 members (excludes halogenated alkanes) is 11. The fraction of sp³-hybridized carbons (Fsp3) is 1.00. The second kappa shape index (κ2) is 15.9. The first-order chi connectivity index (χ1) is 13.1. The van der Waals surface area contributed by atoms with Crippen LogP contribution in [0.4, 0.5) is 0 Å². The molecule has 0 saturated heterocycles. The minimum absolute atomic E-state index is 0.667. The number of hydrogen-bond acceptors (Lipinski definition) is 0. The van der Waals surface area contributed by atoms with Crippen LogP contribution < -0.4 is 0 Å². The number of rotatable bonds is 17. The second-order valence-electron chi connectivity index (χ2n) is 10.3. The summed E-state index contributed by atoms with van der Waals surface area (Å²) in [5, 5.41) is 0. The van der Waals surface area contributed by atoms with Crippen molar-refractivity contribution in [1.29, 1.82) is 0 Å². The predicted octanol–water partition coefficient (Wildman–Crippen LogP) is 10.1. The Morgan fingerprint density at radius 1 is 0.593 bits per heavy atom. The molecule has 1 saturated carbocycles. The van der Waals surface area contributed by atoms with Crippen LogP contribution in [-0.4, -0.2) is 0 Å². The minimum Gasteiger partial charge on any atom is -0.0654 e. The van der Waals surface area contributed by atoms with Gasteiger partial charge in [0.2, 0.25) is 0 Å². The molecule has 3 unspecified atom stereocenters. The molecule has 1 rings (SSSR count). The predicted molar refractivity (Wildman–Crippen MR) is 124 cm³/mol. The van der Waals surface area contributed by atoms with Crippen LogP contribution in [-0.2, 0) is 0 Å². The summed E-state index contributed by atoms with van der Waals surface area (Å²) < 4.78 is 0. The highest BCUT2D eigenvalue weighted by atomic mass is 14.4. The molecule has 0 bridgehead atoms. The maximum atomic E-state index is 2.64. The van der Waals surface area contributed by atoms with Gasteiger partial charge in [-0.05, 0) is 42.9 Å². The SMILES string of the molecule is CCCCCCCC1CC(C)(CCCCCCC)CCC1CCCCCC. The Kier molecular flexibility index (Phi) is 14.7. The molecule has 0 heterocycles. The molecule has 1 fully saturated rings. The van der Waals surface area contributed by atoms with E-state index in [0.717, 1.165) is 11.8 Å². The summed E-state index contributed by atoms with van der Waals surface area (Å²) in [5.74, 6) is 2.10. The van der Waals surface area contributed by atoms with E-state index in [4.69, 9.17) is 0 Å². The molecule has 0 aromatic heterocycles. The summed E-state index contributed by atoms with van der Waals surface area (Å²) in [6, 6.07) is 0. The second-order valence-corrected chi connectivity index (χ2v) is 10.3. The molecule has 0 aliphatic heterocycles. The molecule has 0 amide bonds. The van der Waals surface area contributed by atoms with E-state index < -0.39 is 0 Å². The third kappa shape index (κ3) is 11.6. The first kappa shape index (κ1) is 25.0. The van der Waals surface area contributed by atoms with Gasteiger partial charge in [0, 0.05) is 0 Å². The van der Waals surface area contributed by atoms with Crippen LogP contribution in [0.1, 0.15) is 156 Å². The van der Waals surface area contributed by atoms with Crippen LogP contribution >= 0.6 is 0 Å². The average Bonchev–Trinajstić information content (AvgIpc) is 2.66. The minimum atomic E-state index is 0.667. The van der Waals surface area contributed by atoms with Crippen molar-refractivity contribution in [3.8, 4) is 0 Å². The van der Waals surface area contributed by atoms with E-state index in [1.165, 1.54) is 122 Å². The Labute approximate surface area is 173 Å². The lowest BCUT2D eigenvalue weighted by Crippen LogP contribution is -2.32. The smallest absolute Gasteiger partial charge is 0.0323 e. The van der Waals surface area contributed by atoms with Crippen molar-refractivity contribution in [2.45, 2.75) is 156 Å². The van der Waals surface area contributed by atoms with E-state index in [-0.39, 0.29) is 0 Å². The fourth-order valence-corrected chi connectivity index (χ4v) is 5.61. The van der Waals surface area contributed by atoms with Crippen LogP contribution in [0.5, 0.6) is 0 Å². The Morgan fingerprint density at radius 3 is 1.67 bits per heavy atom. The standard InChI is InChI=1S/C27H54/c1-5-8-11-14-17-20-26-24-27(4,22-18-15-12-9-6-2)23-21-25(26)19-16-13-10-7-3/h25-26H,5-24H2,1-4H3. The van der Waals surface area contributed by atoms with Crippen LogP contribution in [0.2, 0.25) is 0 Å². The molecule has 0 spiro atoms. The topological polar surface area (TPSA) is 0 Å². The Morgan fingerprint density at radius 2 is 1.07 bits per heavy atom. The lowest BCUT2D eigenvalue weighted by Gasteiger charge is -2.43. The molecule has 0 heteroatoms. The van der Waals surface area contributed by atoms with Gasteiger partial charge in [-0.15, -0.1) is 0 Å². The third-order valence-electron chi connectivity index (χ3n) is 7.53. The molecule has 1 aliphatic rings. The molecule has 1 aliphatic carbocycles.